The molecule has 0 bridgehead atoms. The van der Waals surface area contributed by atoms with Crippen LogP contribution in [-0.2, 0) is 29.3 Å². The number of esters is 2. The first-order valence-electron chi connectivity index (χ1n) is 12.7. The van der Waals surface area contributed by atoms with E-state index in [2.05, 4.69) is 5.32 Å². The normalized spacial score (nSPS) is 25.0. The summed E-state index contributed by atoms with van der Waals surface area (Å²) in [5, 5.41) is 28.6. The third-order valence-corrected chi connectivity index (χ3v) is 8.02. The van der Waals surface area contributed by atoms with E-state index < -0.39 is 63.5 Å². The van der Waals surface area contributed by atoms with Crippen LogP contribution in [0.15, 0.2) is 35.5 Å². The van der Waals surface area contributed by atoms with Crippen molar-refractivity contribution in [2.24, 2.45) is 17.0 Å². The van der Waals surface area contributed by atoms with E-state index in [0.29, 0.717) is 25.1 Å². The second-order valence-corrected chi connectivity index (χ2v) is 11.6. The summed E-state index contributed by atoms with van der Waals surface area (Å²) in [7, 11) is -4.02. The Bertz CT molecular complexity index is 1410. The molecular formula is C24H30N6O10S. The Morgan fingerprint density at radius 1 is 1.24 bits per heavy atom. The summed E-state index contributed by atoms with van der Waals surface area (Å²) in [5.74, 6) is -4.26. The lowest BCUT2D eigenvalue weighted by molar-refractivity contribution is -0.384. The number of nitrogens with two attached hydrogens (primary N) is 1. The fraction of sp³-hybridized carbons (Fsp3) is 0.500. The van der Waals surface area contributed by atoms with Gasteiger partial charge in [-0.25, -0.2) is 14.7 Å². The molecule has 2 fully saturated rings. The predicted octanol–water partition coefficient (Wildman–Crippen LogP) is -1.63. The minimum absolute atomic E-state index is 0.0931. The lowest BCUT2D eigenvalue weighted by Crippen LogP contribution is -2.63. The maximum absolute atomic E-state index is 13.3. The first-order valence-corrected chi connectivity index (χ1v) is 14.3. The van der Waals surface area contributed by atoms with Gasteiger partial charge in [0.05, 0.1) is 35.1 Å². The Kier molecular flexibility index (Phi) is 8.55. The van der Waals surface area contributed by atoms with Gasteiger partial charge in [0.15, 0.2) is 0 Å². The number of nitro groups is 1. The lowest BCUT2D eigenvalue weighted by atomic mass is 9.77. The van der Waals surface area contributed by atoms with E-state index in [1.807, 2.05) is 16.5 Å². The van der Waals surface area contributed by atoms with Crippen molar-refractivity contribution in [1.82, 2.24) is 19.8 Å². The Balaban J connectivity index is 1.50. The number of amides is 2. The fourth-order valence-corrected chi connectivity index (χ4v) is 5.87. The number of benzene rings is 1. The third-order valence-electron chi connectivity index (χ3n) is 7.47. The second-order valence-electron chi connectivity index (χ2n) is 10.3. The van der Waals surface area contributed by atoms with E-state index in [9.17, 15) is 42.8 Å². The van der Waals surface area contributed by atoms with Crippen molar-refractivity contribution in [3.05, 3.63) is 51.2 Å². The molecule has 2 amide bonds. The number of aliphatic hydroxyl groups excluding tert-OH is 1. The highest BCUT2D eigenvalue weighted by Crippen LogP contribution is 2.47. The molecule has 2 saturated heterocycles. The molecule has 1 aromatic carbocycles. The van der Waals surface area contributed by atoms with E-state index in [1.54, 1.807) is 0 Å². The van der Waals surface area contributed by atoms with Crippen LogP contribution in [-0.4, -0.2) is 96.4 Å². The van der Waals surface area contributed by atoms with E-state index in [0.717, 1.165) is 24.3 Å². The van der Waals surface area contributed by atoms with Crippen molar-refractivity contribution < 1.29 is 42.4 Å². The van der Waals surface area contributed by atoms with Crippen LogP contribution in [0.25, 0.3) is 0 Å². The van der Waals surface area contributed by atoms with Gasteiger partial charge in [-0.05, 0) is 31.1 Å². The van der Waals surface area contributed by atoms with Crippen LogP contribution in [0, 0.1) is 22.0 Å². The number of hydrogen-bond donors (Lipinski definition) is 4. The molecule has 0 radical (unpaired) electrons. The highest BCUT2D eigenvalue weighted by atomic mass is 32.2. The molecule has 0 aliphatic carbocycles. The first-order chi connectivity index (χ1) is 19.2. The molecule has 5 N–H and O–H groups in total. The van der Waals surface area contributed by atoms with Crippen LogP contribution in [0.3, 0.4) is 0 Å². The van der Waals surface area contributed by atoms with E-state index in [4.69, 9.17) is 9.88 Å². The number of ether oxygens (including phenoxy) is 1. The molecule has 5 atom stereocenters. The second kappa shape index (κ2) is 11.6. The molecule has 16 nitrogen and oxygen atoms in total. The fourth-order valence-electron chi connectivity index (χ4n) is 5.53. The number of β-lactam (4-membered cyclic amide) rings is 1. The van der Waals surface area contributed by atoms with Gasteiger partial charge in [-0.3, -0.25) is 24.6 Å². The van der Waals surface area contributed by atoms with Crippen LogP contribution in [0.1, 0.15) is 30.6 Å². The molecular weight excluding hydrogens is 564 g/mol. The van der Waals surface area contributed by atoms with Gasteiger partial charge in [0.2, 0.25) is 11.8 Å². The topological polar surface area (TPSA) is 232 Å². The summed E-state index contributed by atoms with van der Waals surface area (Å²) < 4.78 is 29.0. The van der Waals surface area contributed by atoms with Crippen LogP contribution in [0.4, 0.5) is 5.69 Å². The van der Waals surface area contributed by atoms with Gasteiger partial charge >= 0.3 is 11.9 Å². The van der Waals surface area contributed by atoms with Crippen LogP contribution >= 0.6 is 0 Å². The quantitative estimate of drug-likeness (QED) is 0.0790. The Morgan fingerprint density at radius 2 is 1.90 bits per heavy atom. The summed E-state index contributed by atoms with van der Waals surface area (Å²) in [6.07, 6.45) is -0.439. The number of likely N-dealkylation sites (tertiary alicyclic amines) is 1. The number of non-ortho nitro benzene ring substituents is 1. The summed E-state index contributed by atoms with van der Waals surface area (Å²) in [6, 6.07) is 3.66. The van der Waals surface area contributed by atoms with Gasteiger partial charge in [-0.2, -0.15) is 13.1 Å². The van der Waals surface area contributed by atoms with Gasteiger partial charge in [-0.1, -0.05) is 6.92 Å². The maximum atomic E-state index is 13.3. The number of carbonyl (C=O) groups is 4. The lowest BCUT2D eigenvalue weighted by Gasteiger charge is -2.46. The predicted molar refractivity (Wildman–Crippen MR) is 140 cm³/mol. The number of rotatable bonds is 10. The number of fused-ring (bicyclic) bond motifs is 1. The van der Waals surface area contributed by atoms with Crippen LogP contribution in [0.2, 0.25) is 0 Å². The molecule has 3 aliphatic rings. The number of nitrogens with one attached hydrogen (secondary N) is 2. The Morgan fingerprint density at radius 3 is 2.49 bits per heavy atom. The molecule has 17 heteroatoms. The van der Waals surface area contributed by atoms with Gasteiger partial charge in [0, 0.05) is 43.7 Å². The van der Waals surface area contributed by atoms with Crippen molar-refractivity contribution >= 4 is 39.6 Å². The summed E-state index contributed by atoms with van der Waals surface area (Å²) in [4.78, 5) is 64.4. The first kappa shape index (κ1) is 30.2. The molecule has 0 saturated carbocycles. The average molecular weight is 595 g/mol. The van der Waals surface area contributed by atoms with E-state index >= 15 is 0 Å². The third kappa shape index (κ3) is 6.43. The van der Waals surface area contributed by atoms with Crippen molar-refractivity contribution in [2.45, 2.75) is 38.5 Å². The monoisotopic (exact) mass is 594 g/mol. The molecule has 41 heavy (non-hydrogen) atoms. The number of nitrogens with zero attached hydrogens (tertiary/aromatic N) is 3. The zero-order valence-corrected chi connectivity index (χ0v) is 23.0. The SMILES string of the molecule is C[C@@H](O)[C@H]1C(=O)N2C(C(=O)OC(=O)c3ccc([N+](=O)[O-])cc3)=C(CN3CC[C@H](NC(=O)CNS(N)(=O)=O)C3)[C@H](C)[C@H]12. The summed E-state index contributed by atoms with van der Waals surface area (Å²) in [6.45, 7) is 3.84. The minimum atomic E-state index is -4.02. The van der Waals surface area contributed by atoms with Crippen molar-refractivity contribution in [3.63, 3.8) is 0 Å². The minimum Gasteiger partial charge on any atom is -0.393 e. The summed E-state index contributed by atoms with van der Waals surface area (Å²) >= 11 is 0. The van der Waals surface area contributed by atoms with E-state index in [-0.39, 0.29) is 35.5 Å². The van der Waals surface area contributed by atoms with Gasteiger partial charge in [0.1, 0.15) is 5.70 Å². The van der Waals surface area contributed by atoms with Crippen LogP contribution in [0.5, 0.6) is 0 Å². The maximum Gasteiger partial charge on any atom is 0.362 e. The van der Waals surface area contributed by atoms with Crippen molar-refractivity contribution in [1.29, 1.82) is 0 Å². The molecule has 4 rings (SSSR count). The largest absolute Gasteiger partial charge is 0.393 e. The molecule has 0 unspecified atom stereocenters. The smallest absolute Gasteiger partial charge is 0.362 e. The number of nitro benzene ring substituents is 1. The molecule has 0 aromatic heterocycles. The van der Waals surface area contributed by atoms with Crippen LogP contribution < -0.4 is 15.2 Å². The zero-order chi connectivity index (χ0) is 30.2. The Hall–Kier alpha value is -3.77. The van der Waals surface area contributed by atoms with Gasteiger partial charge in [0.25, 0.3) is 15.9 Å². The number of carbonyl (C=O) groups excluding carboxylic acids is 4. The number of aliphatic hydroxyl groups is 1. The molecule has 1 aromatic rings. The standard InChI is InChI=1S/C24H30N6O10S/c1-12-17(11-28-8-7-15(10-28)27-18(32)9-26-41(25,38)39)21(29-20(12)19(13(2)31)22(29)33)24(35)40-23(34)14-3-5-16(6-4-14)30(36)37/h3-6,12-13,15,19-20,26,31H,7-11H2,1-2H3,(H,27,32)(H2,25,38,39)/t12-,13+,15-,19+,20+/m0/s1. The number of hydrogen-bond acceptors (Lipinski definition) is 11. The molecule has 3 heterocycles. The highest BCUT2D eigenvalue weighted by molar-refractivity contribution is 7.87. The van der Waals surface area contributed by atoms with Gasteiger partial charge < -0.3 is 20.1 Å². The van der Waals surface area contributed by atoms with Crippen molar-refractivity contribution in [2.75, 3.05) is 26.2 Å². The van der Waals surface area contributed by atoms with Gasteiger partial charge in [-0.15, -0.1) is 0 Å². The molecule has 3 aliphatic heterocycles. The zero-order valence-electron chi connectivity index (χ0n) is 22.2. The van der Waals surface area contributed by atoms with E-state index in [1.165, 1.54) is 11.8 Å². The average Bonchev–Trinajstić information content (AvgIpc) is 3.42. The highest BCUT2D eigenvalue weighted by Gasteiger charge is 2.60. The molecule has 0 spiro atoms. The summed E-state index contributed by atoms with van der Waals surface area (Å²) in [5.41, 5.74) is 0.0855. The molecule has 222 valence electrons. The Labute approximate surface area is 234 Å². The van der Waals surface area contributed by atoms with Crippen molar-refractivity contribution in [3.8, 4) is 0 Å².